The topological polar surface area (TPSA) is 50.4 Å². The number of thioether (sulfide) groups is 1. The summed E-state index contributed by atoms with van der Waals surface area (Å²) in [6.07, 6.45) is 0. The fourth-order valence-corrected chi connectivity index (χ4v) is 1.32. The molecule has 3 nitrogen and oxygen atoms in total. The molecular formula is C9H13N3S. The molecule has 0 amide bonds. The number of nitrogens with one attached hydrogen (secondary N) is 1. The van der Waals surface area contributed by atoms with Crippen molar-refractivity contribution in [2.24, 2.45) is 10.8 Å². The third-order valence-corrected chi connectivity index (χ3v) is 2.14. The number of nitrogens with two attached hydrogens (primary N) is 1. The zero-order chi connectivity index (χ0) is 9.36. The Morgan fingerprint density at radius 1 is 1.31 bits per heavy atom. The van der Waals surface area contributed by atoms with Crippen LogP contribution < -0.4 is 11.3 Å². The fraction of sp³-hybridized carbons (Fsp3) is 0.222. The summed E-state index contributed by atoms with van der Waals surface area (Å²) >= 11 is 1.78. The van der Waals surface area contributed by atoms with Crippen molar-refractivity contribution in [2.45, 2.75) is 0 Å². The first-order valence-electron chi connectivity index (χ1n) is 4.05. The number of hydrogen-bond donors (Lipinski definition) is 2. The number of rotatable bonds is 1. The van der Waals surface area contributed by atoms with Crippen molar-refractivity contribution >= 4 is 23.0 Å². The molecule has 0 bridgehead atoms. The molecule has 13 heavy (non-hydrogen) atoms. The summed E-state index contributed by atoms with van der Waals surface area (Å²) in [5.41, 5.74) is 5.37. The molecule has 1 aromatic carbocycles. The Labute approximate surface area is 82.4 Å². The minimum atomic E-state index is 0.938. The first-order chi connectivity index (χ1) is 6.43. The molecule has 2 rings (SSSR count). The van der Waals surface area contributed by atoms with Crippen LogP contribution in [-0.2, 0) is 0 Å². The van der Waals surface area contributed by atoms with Gasteiger partial charge in [-0.05, 0) is 12.1 Å². The predicted molar refractivity (Wildman–Crippen MR) is 60.1 cm³/mol. The summed E-state index contributed by atoms with van der Waals surface area (Å²) in [7, 11) is 0. The Morgan fingerprint density at radius 2 is 2.08 bits per heavy atom. The fourth-order valence-electron chi connectivity index (χ4n) is 0.798. The van der Waals surface area contributed by atoms with E-state index >= 15 is 0 Å². The largest absolute Gasteiger partial charge is 0.324 e. The van der Waals surface area contributed by atoms with Gasteiger partial charge in [-0.1, -0.05) is 18.2 Å². The van der Waals surface area contributed by atoms with E-state index in [1.54, 1.807) is 11.8 Å². The summed E-state index contributed by atoms with van der Waals surface area (Å²) in [5, 5.41) is 0. The van der Waals surface area contributed by atoms with Crippen molar-refractivity contribution in [1.82, 2.24) is 0 Å². The molecule has 1 aromatic rings. The van der Waals surface area contributed by atoms with Crippen LogP contribution in [0.3, 0.4) is 0 Å². The van der Waals surface area contributed by atoms with E-state index in [0.717, 1.165) is 12.2 Å². The monoisotopic (exact) mass is 195 g/mol. The second kappa shape index (κ2) is 6.51. The van der Waals surface area contributed by atoms with Gasteiger partial charge in [-0.25, -0.2) is 0 Å². The lowest BCUT2D eigenvalue weighted by molar-refractivity contribution is 1.18. The lowest BCUT2D eigenvalue weighted by atomic mass is 10.3. The van der Waals surface area contributed by atoms with Gasteiger partial charge in [0.15, 0.2) is 0 Å². The quantitative estimate of drug-likeness (QED) is 0.530. The molecule has 0 saturated carbocycles. The molecule has 70 valence electrons. The Hall–Kier alpha value is -1.00. The molecule has 3 N–H and O–H groups in total. The summed E-state index contributed by atoms with van der Waals surface area (Å²) in [4.78, 5) is 3.92. The van der Waals surface area contributed by atoms with Crippen LogP contribution >= 0.6 is 11.8 Å². The van der Waals surface area contributed by atoms with E-state index in [0.29, 0.717) is 0 Å². The number of aliphatic imine (C=N–C) groups is 1. The summed E-state index contributed by atoms with van der Waals surface area (Å²) in [6.45, 7) is 1.03. The molecule has 0 aromatic heterocycles. The summed E-state index contributed by atoms with van der Waals surface area (Å²) < 4.78 is 0. The van der Waals surface area contributed by atoms with Gasteiger partial charge in [-0.3, -0.25) is 10.8 Å². The van der Waals surface area contributed by atoms with Gasteiger partial charge in [-0.15, -0.1) is 11.8 Å². The van der Waals surface area contributed by atoms with Gasteiger partial charge < -0.3 is 5.43 Å². The number of hydrazine groups is 1. The van der Waals surface area contributed by atoms with Crippen molar-refractivity contribution in [3.63, 3.8) is 0 Å². The number of anilines is 1. The van der Waals surface area contributed by atoms with E-state index in [9.17, 15) is 0 Å². The van der Waals surface area contributed by atoms with Gasteiger partial charge in [0.05, 0.1) is 5.55 Å². The van der Waals surface area contributed by atoms with E-state index in [-0.39, 0.29) is 0 Å². The minimum Gasteiger partial charge on any atom is -0.324 e. The van der Waals surface area contributed by atoms with E-state index in [1.165, 1.54) is 5.75 Å². The van der Waals surface area contributed by atoms with E-state index < -0.39 is 0 Å². The minimum absolute atomic E-state index is 0.938. The molecule has 0 spiro atoms. The third-order valence-electron chi connectivity index (χ3n) is 1.43. The van der Waals surface area contributed by atoms with E-state index in [4.69, 9.17) is 5.84 Å². The van der Waals surface area contributed by atoms with Crippen LogP contribution in [0, 0.1) is 0 Å². The second-order valence-corrected chi connectivity index (χ2v) is 3.35. The Balaban J connectivity index is 0.000000145. The van der Waals surface area contributed by atoms with Gasteiger partial charge in [0, 0.05) is 18.0 Å². The van der Waals surface area contributed by atoms with Crippen LogP contribution in [-0.4, -0.2) is 17.8 Å². The third kappa shape index (κ3) is 4.55. The first-order valence-corrected chi connectivity index (χ1v) is 5.10. The van der Waals surface area contributed by atoms with Crippen molar-refractivity contribution in [1.29, 1.82) is 0 Å². The normalized spacial score (nSPS) is 13.3. The Morgan fingerprint density at radius 3 is 2.38 bits per heavy atom. The second-order valence-electron chi connectivity index (χ2n) is 2.39. The van der Waals surface area contributed by atoms with Crippen molar-refractivity contribution in [3.8, 4) is 0 Å². The van der Waals surface area contributed by atoms with E-state index in [1.807, 2.05) is 35.9 Å². The summed E-state index contributed by atoms with van der Waals surface area (Å²) in [5.74, 6) is 6.29. The van der Waals surface area contributed by atoms with Crippen LogP contribution in [0.1, 0.15) is 0 Å². The van der Waals surface area contributed by atoms with Crippen LogP contribution in [0.4, 0.5) is 5.69 Å². The molecule has 0 fully saturated rings. The van der Waals surface area contributed by atoms with Gasteiger partial charge in [0.25, 0.3) is 0 Å². The molecule has 0 unspecified atom stereocenters. The highest BCUT2D eigenvalue weighted by atomic mass is 32.2. The summed E-state index contributed by atoms with van der Waals surface area (Å²) in [6, 6.07) is 9.60. The lowest BCUT2D eigenvalue weighted by Crippen LogP contribution is -2.05. The SMILES string of the molecule is C1=NCCS1.NNc1ccccc1. The van der Waals surface area contributed by atoms with Crippen molar-refractivity contribution in [3.05, 3.63) is 30.3 Å². The molecular weight excluding hydrogens is 182 g/mol. The number of benzene rings is 1. The standard InChI is InChI=1S/C6H8N2.C3H5NS/c7-8-6-4-2-1-3-5-6;1-2-5-3-4-1/h1-5,8H,7H2;3H,1-2H2. The maximum atomic E-state index is 5.10. The number of nitrogens with zero attached hydrogens (tertiary/aromatic N) is 1. The highest BCUT2D eigenvalue weighted by Gasteiger charge is 1.86. The molecule has 1 aliphatic heterocycles. The first kappa shape index (κ1) is 10.1. The van der Waals surface area contributed by atoms with Crippen molar-refractivity contribution < 1.29 is 0 Å². The van der Waals surface area contributed by atoms with Crippen LogP contribution in [0.2, 0.25) is 0 Å². The Bertz CT molecular complexity index is 242. The average molecular weight is 195 g/mol. The molecule has 0 aliphatic carbocycles. The average Bonchev–Trinajstić information content (AvgIpc) is 2.77. The maximum absolute atomic E-state index is 5.10. The van der Waals surface area contributed by atoms with Crippen molar-refractivity contribution in [2.75, 3.05) is 17.7 Å². The maximum Gasteiger partial charge on any atom is 0.0542 e. The number of nitrogen functional groups attached to an aromatic ring is 1. The van der Waals surface area contributed by atoms with Gasteiger partial charge in [0.1, 0.15) is 0 Å². The number of hydrogen-bond acceptors (Lipinski definition) is 4. The molecule has 1 aliphatic rings. The molecule has 0 saturated heterocycles. The van der Waals surface area contributed by atoms with Crippen LogP contribution in [0.5, 0.6) is 0 Å². The van der Waals surface area contributed by atoms with E-state index in [2.05, 4.69) is 10.4 Å². The van der Waals surface area contributed by atoms with Gasteiger partial charge in [0.2, 0.25) is 0 Å². The van der Waals surface area contributed by atoms with Gasteiger partial charge >= 0.3 is 0 Å². The molecule has 4 heteroatoms. The highest BCUT2D eigenvalue weighted by Crippen LogP contribution is 2.00. The smallest absolute Gasteiger partial charge is 0.0542 e. The zero-order valence-corrected chi connectivity index (χ0v) is 8.13. The molecule has 1 heterocycles. The molecule has 0 atom stereocenters. The predicted octanol–water partition coefficient (Wildman–Crippen LogP) is 1.73. The molecule has 0 radical (unpaired) electrons. The number of para-hydroxylation sites is 1. The zero-order valence-electron chi connectivity index (χ0n) is 7.31. The van der Waals surface area contributed by atoms with Gasteiger partial charge in [-0.2, -0.15) is 0 Å². The Kier molecular flexibility index (Phi) is 5.05. The highest BCUT2D eigenvalue weighted by molar-refractivity contribution is 8.12. The van der Waals surface area contributed by atoms with Crippen LogP contribution in [0.15, 0.2) is 35.3 Å². The lowest BCUT2D eigenvalue weighted by Gasteiger charge is -1.94. The van der Waals surface area contributed by atoms with Crippen LogP contribution in [0.25, 0.3) is 0 Å².